The molecule has 29 heavy (non-hydrogen) atoms. The summed E-state index contributed by atoms with van der Waals surface area (Å²) in [4.78, 5) is 0. The quantitative estimate of drug-likeness (QED) is 0.474. The molecule has 0 saturated heterocycles. The first-order valence-electron chi connectivity index (χ1n) is 12.0. The minimum Gasteiger partial charge on any atom is -0.508 e. The average Bonchev–Trinajstić information content (AvgIpc) is 2.70. The molecule has 3 heteroatoms. The van der Waals surface area contributed by atoms with Gasteiger partial charge in [-0.15, -0.1) is 0 Å². The minimum atomic E-state index is -0.277. The van der Waals surface area contributed by atoms with Gasteiger partial charge >= 0.3 is 0 Å². The number of hydrogen-bond donors (Lipinski definition) is 3. The van der Waals surface area contributed by atoms with E-state index in [4.69, 9.17) is 0 Å². The molecule has 0 amide bonds. The van der Waals surface area contributed by atoms with Crippen LogP contribution in [-0.4, -0.2) is 28.0 Å². The summed E-state index contributed by atoms with van der Waals surface area (Å²) in [5, 5.41) is 31.1. The number of benzene rings is 1. The standard InChI is InChI=1S/C26H42O3/c1-4-5-6-7-12-26(2,3)20-10-11-22(25(29)15-20)24-16-21(28)14-19-9-8-18(17-27)13-23(19)24/h10-11,15,18-19,21,23-24,27-29H,4-9,12-14,16-17H2,1-3H3/t18-,19-,21+,23+,24-/m0/s1. The van der Waals surface area contributed by atoms with Crippen molar-refractivity contribution < 1.29 is 15.3 Å². The Morgan fingerprint density at radius 2 is 1.83 bits per heavy atom. The van der Waals surface area contributed by atoms with Crippen LogP contribution in [0.25, 0.3) is 0 Å². The van der Waals surface area contributed by atoms with Crippen LogP contribution in [0, 0.1) is 17.8 Å². The molecule has 0 aliphatic heterocycles. The number of unbranched alkanes of at least 4 members (excludes halogenated alkanes) is 3. The second kappa shape index (κ2) is 9.83. The summed E-state index contributed by atoms with van der Waals surface area (Å²) in [6.45, 7) is 7.06. The second-order valence-corrected chi connectivity index (χ2v) is 10.5. The van der Waals surface area contributed by atoms with Crippen molar-refractivity contribution in [3.8, 4) is 5.75 Å². The first-order valence-corrected chi connectivity index (χ1v) is 12.0. The van der Waals surface area contributed by atoms with Gasteiger partial charge in [-0.25, -0.2) is 0 Å². The van der Waals surface area contributed by atoms with Gasteiger partial charge < -0.3 is 15.3 Å². The molecular formula is C26H42O3. The molecule has 0 aromatic heterocycles. The van der Waals surface area contributed by atoms with Gasteiger partial charge in [-0.2, -0.15) is 0 Å². The van der Waals surface area contributed by atoms with Gasteiger partial charge in [-0.1, -0.05) is 58.6 Å². The van der Waals surface area contributed by atoms with Gasteiger partial charge in [0, 0.05) is 6.61 Å². The molecule has 0 unspecified atom stereocenters. The van der Waals surface area contributed by atoms with E-state index in [1.54, 1.807) is 0 Å². The Hall–Kier alpha value is -1.06. The average molecular weight is 403 g/mol. The highest BCUT2D eigenvalue weighted by Gasteiger charge is 2.42. The predicted octanol–water partition coefficient (Wildman–Crippen LogP) is 5.90. The highest BCUT2D eigenvalue weighted by molar-refractivity contribution is 5.42. The summed E-state index contributed by atoms with van der Waals surface area (Å²) in [7, 11) is 0. The predicted molar refractivity (Wildman–Crippen MR) is 119 cm³/mol. The molecule has 1 aromatic carbocycles. The third-order valence-electron chi connectivity index (χ3n) is 7.90. The van der Waals surface area contributed by atoms with E-state index in [2.05, 4.69) is 32.9 Å². The van der Waals surface area contributed by atoms with E-state index in [0.29, 0.717) is 23.5 Å². The summed E-state index contributed by atoms with van der Waals surface area (Å²) in [6, 6.07) is 6.31. The zero-order valence-electron chi connectivity index (χ0n) is 18.7. The van der Waals surface area contributed by atoms with Gasteiger partial charge in [-0.05, 0) is 84.8 Å². The first-order chi connectivity index (χ1) is 13.9. The van der Waals surface area contributed by atoms with E-state index >= 15 is 0 Å². The monoisotopic (exact) mass is 402 g/mol. The summed E-state index contributed by atoms with van der Waals surface area (Å²) in [6.07, 6.45) is 10.7. The van der Waals surface area contributed by atoms with Crippen molar-refractivity contribution in [1.82, 2.24) is 0 Å². The molecule has 164 valence electrons. The zero-order valence-corrected chi connectivity index (χ0v) is 18.7. The number of rotatable bonds is 8. The number of aliphatic hydroxyl groups excluding tert-OH is 2. The van der Waals surface area contributed by atoms with Crippen LogP contribution < -0.4 is 0 Å². The third-order valence-corrected chi connectivity index (χ3v) is 7.90. The fourth-order valence-corrected chi connectivity index (χ4v) is 6.00. The summed E-state index contributed by atoms with van der Waals surface area (Å²) in [5.41, 5.74) is 2.27. The van der Waals surface area contributed by atoms with Crippen LogP contribution in [-0.2, 0) is 5.41 Å². The van der Waals surface area contributed by atoms with E-state index in [1.807, 2.05) is 6.07 Å². The fourth-order valence-electron chi connectivity index (χ4n) is 6.00. The number of hydrogen-bond acceptors (Lipinski definition) is 3. The smallest absolute Gasteiger partial charge is 0.119 e. The number of fused-ring (bicyclic) bond motifs is 1. The summed E-state index contributed by atoms with van der Waals surface area (Å²) < 4.78 is 0. The number of aromatic hydroxyl groups is 1. The molecule has 2 aliphatic rings. The van der Waals surface area contributed by atoms with Gasteiger partial charge in [0.1, 0.15) is 5.75 Å². The van der Waals surface area contributed by atoms with E-state index in [9.17, 15) is 15.3 Å². The molecule has 1 aromatic rings. The van der Waals surface area contributed by atoms with Gasteiger partial charge in [0.25, 0.3) is 0 Å². The van der Waals surface area contributed by atoms with Crippen LogP contribution in [0.2, 0.25) is 0 Å². The molecule has 0 heterocycles. The van der Waals surface area contributed by atoms with E-state index in [0.717, 1.165) is 44.1 Å². The van der Waals surface area contributed by atoms with Gasteiger partial charge in [0.15, 0.2) is 0 Å². The van der Waals surface area contributed by atoms with Crippen LogP contribution in [0.1, 0.15) is 102 Å². The van der Waals surface area contributed by atoms with Gasteiger partial charge in [-0.3, -0.25) is 0 Å². The third kappa shape index (κ3) is 5.35. The molecule has 3 N–H and O–H groups in total. The van der Waals surface area contributed by atoms with Crippen molar-refractivity contribution in [3.05, 3.63) is 29.3 Å². The second-order valence-electron chi connectivity index (χ2n) is 10.5. The van der Waals surface area contributed by atoms with Crippen LogP contribution >= 0.6 is 0 Å². The lowest BCUT2D eigenvalue weighted by atomic mass is 9.60. The highest BCUT2D eigenvalue weighted by atomic mass is 16.3. The Balaban J connectivity index is 1.77. The van der Waals surface area contributed by atoms with Crippen LogP contribution in [0.4, 0.5) is 0 Å². The Morgan fingerprint density at radius 3 is 2.52 bits per heavy atom. The topological polar surface area (TPSA) is 60.7 Å². The Labute approximate surface area is 177 Å². The minimum absolute atomic E-state index is 0.0607. The fraction of sp³-hybridized carbons (Fsp3) is 0.769. The zero-order chi connectivity index (χ0) is 21.0. The number of aliphatic hydroxyl groups is 2. The van der Waals surface area contributed by atoms with Crippen molar-refractivity contribution in [2.24, 2.45) is 17.8 Å². The lowest BCUT2D eigenvalue weighted by Crippen LogP contribution is -2.38. The lowest BCUT2D eigenvalue weighted by molar-refractivity contribution is 0.00985. The first kappa shape index (κ1) is 22.6. The number of phenols is 1. The maximum Gasteiger partial charge on any atom is 0.119 e. The van der Waals surface area contributed by atoms with Crippen LogP contribution in [0.15, 0.2) is 18.2 Å². The van der Waals surface area contributed by atoms with Crippen molar-refractivity contribution in [1.29, 1.82) is 0 Å². The lowest BCUT2D eigenvalue weighted by Gasteiger charge is -2.46. The molecule has 0 bridgehead atoms. The molecule has 2 aliphatic carbocycles. The Kier molecular flexibility index (Phi) is 7.67. The maximum atomic E-state index is 11.0. The van der Waals surface area contributed by atoms with E-state index < -0.39 is 0 Å². The molecule has 0 radical (unpaired) electrons. The Bertz CT molecular complexity index is 653. The normalized spacial score (nSPS) is 30.2. The maximum absolute atomic E-state index is 11.0. The largest absolute Gasteiger partial charge is 0.508 e. The van der Waals surface area contributed by atoms with Gasteiger partial charge in [0.2, 0.25) is 0 Å². The van der Waals surface area contributed by atoms with Crippen LogP contribution in [0.5, 0.6) is 5.75 Å². The molecule has 0 spiro atoms. The molecule has 2 fully saturated rings. The highest BCUT2D eigenvalue weighted by Crippen LogP contribution is 2.51. The van der Waals surface area contributed by atoms with E-state index in [-0.39, 0.29) is 24.0 Å². The van der Waals surface area contributed by atoms with Crippen molar-refractivity contribution in [2.75, 3.05) is 6.61 Å². The van der Waals surface area contributed by atoms with Gasteiger partial charge in [0.05, 0.1) is 6.10 Å². The Morgan fingerprint density at radius 1 is 1.03 bits per heavy atom. The molecule has 3 rings (SSSR count). The number of phenolic OH excluding ortho intramolecular Hbond substituents is 1. The van der Waals surface area contributed by atoms with Crippen LogP contribution in [0.3, 0.4) is 0 Å². The molecule has 3 nitrogen and oxygen atoms in total. The molecule has 5 atom stereocenters. The van der Waals surface area contributed by atoms with Crippen molar-refractivity contribution in [2.45, 2.75) is 102 Å². The van der Waals surface area contributed by atoms with Crippen molar-refractivity contribution >= 4 is 0 Å². The van der Waals surface area contributed by atoms with Crippen molar-refractivity contribution in [3.63, 3.8) is 0 Å². The SMILES string of the molecule is CCCCCCC(C)(C)c1ccc([C@@H]2C[C@H](O)C[C@@H]3CC[C@H](CO)C[C@H]32)c(O)c1. The molecular weight excluding hydrogens is 360 g/mol. The van der Waals surface area contributed by atoms with E-state index in [1.165, 1.54) is 31.2 Å². The summed E-state index contributed by atoms with van der Waals surface area (Å²) in [5.74, 6) is 1.94. The molecule has 2 saturated carbocycles. The summed E-state index contributed by atoms with van der Waals surface area (Å²) >= 11 is 0.